The highest BCUT2D eigenvalue weighted by molar-refractivity contribution is 6.02. The molecule has 37 heavy (non-hydrogen) atoms. The summed E-state index contributed by atoms with van der Waals surface area (Å²) in [5.74, 6) is -1.19. The first-order valence-corrected chi connectivity index (χ1v) is 12.8. The van der Waals surface area contributed by atoms with Gasteiger partial charge in [0.15, 0.2) is 11.9 Å². The SMILES string of the molecule is C[C@@H]1[C@H](c2ccccc2)OC(=O)N1C(=O)[C@H](Cc1ccccc1)[C@H]1OC(=CCCCCCO)C=CC1=O. The number of aliphatic hydroxyl groups is 1. The van der Waals surface area contributed by atoms with Crippen molar-refractivity contribution in [3.63, 3.8) is 0 Å². The van der Waals surface area contributed by atoms with E-state index >= 15 is 0 Å². The molecule has 0 spiro atoms. The van der Waals surface area contributed by atoms with Gasteiger partial charge in [0.1, 0.15) is 11.9 Å². The van der Waals surface area contributed by atoms with E-state index in [1.807, 2.05) is 66.7 Å². The molecule has 194 valence electrons. The second-order valence-electron chi connectivity index (χ2n) is 9.41. The first-order chi connectivity index (χ1) is 18.0. The Morgan fingerprint density at radius 3 is 2.38 bits per heavy atom. The molecule has 2 amide bonds. The van der Waals surface area contributed by atoms with Gasteiger partial charge in [0.25, 0.3) is 0 Å². The Kier molecular flexibility index (Phi) is 8.90. The molecule has 2 aliphatic heterocycles. The molecule has 2 aromatic rings. The molecule has 2 aromatic carbocycles. The van der Waals surface area contributed by atoms with E-state index in [1.54, 1.807) is 13.0 Å². The van der Waals surface area contributed by atoms with E-state index in [-0.39, 0.29) is 18.8 Å². The van der Waals surface area contributed by atoms with Gasteiger partial charge in [-0.25, -0.2) is 9.69 Å². The number of unbranched alkanes of at least 4 members (excludes halogenated alkanes) is 3. The fraction of sp³-hybridized carbons (Fsp3) is 0.367. The van der Waals surface area contributed by atoms with Crippen molar-refractivity contribution in [3.8, 4) is 0 Å². The highest BCUT2D eigenvalue weighted by Gasteiger charge is 2.48. The van der Waals surface area contributed by atoms with Gasteiger partial charge in [-0.2, -0.15) is 0 Å². The van der Waals surface area contributed by atoms with E-state index in [4.69, 9.17) is 14.6 Å². The van der Waals surface area contributed by atoms with Crippen LogP contribution < -0.4 is 0 Å². The van der Waals surface area contributed by atoms with Crippen LogP contribution in [0.15, 0.2) is 84.7 Å². The molecule has 7 heteroatoms. The van der Waals surface area contributed by atoms with Crippen molar-refractivity contribution in [2.24, 2.45) is 5.92 Å². The Balaban J connectivity index is 1.58. The molecule has 2 heterocycles. The van der Waals surface area contributed by atoms with Crippen LogP contribution in [0.2, 0.25) is 0 Å². The molecule has 0 radical (unpaired) electrons. The second-order valence-corrected chi connectivity index (χ2v) is 9.41. The molecule has 0 bridgehead atoms. The van der Waals surface area contributed by atoms with Crippen LogP contribution in [0.4, 0.5) is 4.79 Å². The quantitative estimate of drug-likeness (QED) is 0.463. The number of hydrogen-bond acceptors (Lipinski definition) is 6. The molecule has 1 N–H and O–H groups in total. The number of amides is 2. The smallest absolute Gasteiger partial charge is 0.417 e. The number of ether oxygens (including phenoxy) is 2. The Morgan fingerprint density at radius 1 is 0.973 bits per heavy atom. The molecule has 0 aliphatic carbocycles. The number of allylic oxidation sites excluding steroid dienone is 2. The van der Waals surface area contributed by atoms with E-state index in [0.29, 0.717) is 5.76 Å². The van der Waals surface area contributed by atoms with Gasteiger partial charge < -0.3 is 14.6 Å². The summed E-state index contributed by atoms with van der Waals surface area (Å²) < 4.78 is 11.7. The summed E-state index contributed by atoms with van der Waals surface area (Å²) in [6.45, 7) is 1.94. The van der Waals surface area contributed by atoms with Gasteiger partial charge in [-0.3, -0.25) is 9.59 Å². The average molecular weight is 504 g/mol. The highest BCUT2D eigenvalue weighted by atomic mass is 16.6. The van der Waals surface area contributed by atoms with E-state index in [0.717, 1.165) is 41.7 Å². The summed E-state index contributed by atoms with van der Waals surface area (Å²) >= 11 is 0. The third-order valence-electron chi connectivity index (χ3n) is 6.78. The summed E-state index contributed by atoms with van der Waals surface area (Å²) in [5.41, 5.74) is 1.67. The van der Waals surface area contributed by atoms with E-state index in [1.165, 1.54) is 6.08 Å². The summed E-state index contributed by atoms with van der Waals surface area (Å²) in [4.78, 5) is 41.0. The molecular formula is C30H33NO6. The standard InChI is InChI=1S/C30H33NO6/c1-21-27(23-14-8-5-9-15-23)37-30(35)31(21)29(34)25(20-22-12-6-4-7-13-22)28-26(33)18-17-24(36-28)16-10-2-3-11-19-32/h4-9,12-18,21,25,27-28,32H,2-3,10-11,19-20H2,1H3/t21-,25-,27-,28-/m1/s1. The summed E-state index contributed by atoms with van der Waals surface area (Å²) in [6, 6.07) is 18.2. The number of rotatable bonds is 10. The largest absolute Gasteiger partial charge is 0.482 e. The van der Waals surface area contributed by atoms with Crippen LogP contribution in [-0.2, 0) is 25.5 Å². The minimum absolute atomic E-state index is 0.162. The van der Waals surface area contributed by atoms with E-state index in [9.17, 15) is 14.4 Å². The number of imide groups is 1. The molecule has 0 unspecified atom stereocenters. The molecule has 0 aromatic heterocycles. The zero-order valence-corrected chi connectivity index (χ0v) is 21.0. The fourth-order valence-electron chi connectivity index (χ4n) is 4.79. The lowest BCUT2D eigenvalue weighted by Crippen LogP contribution is -2.48. The van der Waals surface area contributed by atoms with Crippen LogP contribution in [-0.4, -0.2) is 46.5 Å². The van der Waals surface area contributed by atoms with Gasteiger partial charge in [-0.05, 0) is 62.0 Å². The van der Waals surface area contributed by atoms with Crippen LogP contribution in [0.5, 0.6) is 0 Å². The number of nitrogens with zero attached hydrogens (tertiary/aromatic N) is 1. The van der Waals surface area contributed by atoms with Gasteiger partial charge in [-0.15, -0.1) is 0 Å². The minimum atomic E-state index is -1.06. The van der Waals surface area contributed by atoms with Crippen LogP contribution in [0.1, 0.15) is 49.8 Å². The molecule has 7 nitrogen and oxygen atoms in total. The Bertz CT molecular complexity index is 1140. The van der Waals surface area contributed by atoms with Gasteiger partial charge in [0.2, 0.25) is 5.91 Å². The highest BCUT2D eigenvalue weighted by Crippen LogP contribution is 2.35. The number of aliphatic hydroxyl groups excluding tert-OH is 1. The second kappa shape index (κ2) is 12.5. The molecule has 1 fully saturated rings. The van der Waals surface area contributed by atoms with Gasteiger partial charge >= 0.3 is 6.09 Å². The molecule has 4 atom stereocenters. The summed E-state index contributed by atoms with van der Waals surface area (Å²) in [7, 11) is 0. The van der Waals surface area contributed by atoms with Crippen LogP contribution in [0.25, 0.3) is 0 Å². The number of ketones is 1. The van der Waals surface area contributed by atoms with E-state index in [2.05, 4.69) is 0 Å². The maximum absolute atomic E-state index is 14.0. The summed E-state index contributed by atoms with van der Waals surface area (Å²) in [5, 5.41) is 8.96. The zero-order valence-electron chi connectivity index (χ0n) is 21.0. The van der Waals surface area contributed by atoms with Crippen molar-refractivity contribution < 1.29 is 29.0 Å². The lowest BCUT2D eigenvalue weighted by molar-refractivity contribution is -0.143. The first kappa shape index (κ1) is 26.4. The van der Waals surface area contributed by atoms with Crippen LogP contribution in [0, 0.1) is 5.92 Å². The molecule has 2 aliphatic rings. The lowest BCUT2D eigenvalue weighted by Gasteiger charge is -2.31. The van der Waals surface area contributed by atoms with Gasteiger partial charge in [-0.1, -0.05) is 67.1 Å². The third kappa shape index (κ3) is 6.35. The normalized spacial score (nSPS) is 23.1. The molecule has 1 saturated heterocycles. The fourth-order valence-corrected chi connectivity index (χ4v) is 4.79. The number of carbonyl (C=O) groups is 3. The van der Waals surface area contributed by atoms with E-state index < -0.39 is 36.2 Å². The van der Waals surface area contributed by atoms with Crippen molar-refractivity contribution in [3.05, 3.63) is 95.8 Å². The maximum Gasteiger partial charge on any atom is 0.417 e. The lowest BCUT2D eigenvalue weighted by atomic mass is 9.88. The van der Waals surface area contributed by atoms with Gasteiger partial charge in [0, 0.05) is 6.61 Å². The van der Waals surface area contributed by atoms with Crippen molar-refractivity contribution in [1.82, 2.24) is 4.90 Å². The molecule has 0 saturated carbocycles. The number of cyclic esters (lactones) is 1. The van der Waals surface area contributed by atoms with Crippen molar-refractivity contribution in [2.75, 3.05) is 6.61 Å². The van der Waals surface area contributed by atoms with Crippen molar-refractivity contribution >= 4 is 17.8 Å². The topological polar surface area (TPSA) is 93.1 Å². The van der Waals surface area contributed by atoms with Crippen molar-refractivity contribution in [1.29, 1.82) is 0 Å². The Morgan fingerprint density at radius 2 is 1.68 bits per heavy atom. The third-order valence-corrected chi connectivity index (χ3v) is 6.78. The van der Waals surface area contributed by atoms with Crippen LogP contribution in [0.3, 0.4) is 0 Å². The Hall–Kier alpha value is -3.71. The molecule has 4 rings (SSSR count). The minimum Gasteiger partial charge on any atom is -0.482 e. The predicted octanol–water partition coefficient (Wildman–Crippen LogP) is 4.91. The summed E-state index contributed by atoms with van der Waals surface area (Å²) in [6.07, 6.45) is 6.06. The number of carbonyl (C=O) groups excluding carboxylic acids is 3. The maximum atomic E-state index is 14.0. The number of hydrogen-bond donors (Lipinski definition) is 1. The molecular weight excluding hydrogens is 470 g/mol. The predicted molar refractivity (Wildman–Crippen MR) is 138 cm³/mol. The first-order valence-electron chi connectivity index (χ1n) is 12.8. The van der Waals surface area contributed by atoms with Crippen molar-refractivity contribution in [2.45, 2.75) is 57.3 Å². The van der Waals surface area contributed by atoms with Crippen LogP contribution >= 0.6 is 0 Å². The number of benzene rings is 2. The van der Waals surface area contributed by atoms with Gasteiger partial charge in [0.05, 0.1) is 12.0 Å². The average Bonchev–Trinajstić information content (AvgIpc) is 3.22. The Labute approximate surface area is 217 Å². The zero-order chi connectivity index (χ0) is 26.2. The monoisotopic (exact) mass is 503 g/mol.